The Balaban J connectivity index is 2.23. The molecule has 2 rings (SSSR count). The number of benzene rings is 1. The highest BCUT2D eigenvalue weighted by molar-refractivity contribution is 7.91. The van der Waals surface area contributed by atoms with Crippen LogP contribution in [0.4, 0.5) is 0 Å². The summed E-state index contributed by atoms with van der Waals surface area (Å²) in [6, 6.07) is 5.44. The molecule has 0 aliphatic heterocycles. The largest absolute Gasteiger partial charge is 0.240 e. The lowest BCUT2D eigenvalue weighted by atomic mass is 10.1. The number of nitrogens with one attached hydrogen (secondary N) is 1. The van der Waals surface area contributed by atoms with Crippen molar-refractivity contribution in [3.63, 3.8) is 0 Å². The van der Waals surface area contributed by atoms with Crippen LogP contribution >= 0.6 is 0 Å². The molecule has 1 fully saturated rings. The summed E-state index contributed by atoms with van der Waals surface area (Å²) < 4.78 is 50.5. The number of hydrogen-bond donors (Lipinski definition) is 1. The van der Waals surface area contributed by atoms with Crippen LogP contribution in [0.25, 0.3) is 0 Å². The van der Waals surface area contributed by atoms with Crippen LogP contribution in [0.3, 0.4) is 0 Å². The molecular formula is C14H21NO4S2. The maximum atomic E-state index is 12.4. The minimum atomic E-state index is -3.67. The Hall–Kier alpha value is -0.920. The third-order valence-corrected chi connectivity index (χ3v) is 6.35. The van der Waals surface area contributed by atoms with E-state index in [1.807, 2.05) is 0 Å². The molecule has 0 spiro atoms. The molecule has 118 valence electrons. The number of sulfone groups is 1. The molecule has 0 unspecified atom stereocenters. The van der Waals surface area contributed by atoms with E-state index in [-0.39, 0.29) is 15.8 Å². The molecule has 1 aromatic carbocycles. The quantitative estimate of drug-likeness (QED) is 0.857. The van der Waals surface area contributed by atoms with Gasteiger partial charge in [0, 0.05) is 12.3 Å². The second-order valence-corrected chi connectivity index (χ2v) is 9.29. The Kier molecular flexibility index (Phi) is 5.06. The van der Waals surface area contributed by atoms with E-state index < -0.39 is 19.9 Å². The first kappa shape index (κ1) is 16.5. The number of rotatable bonds is 4. The third kappa shape index (κ3) is 4.52. The molecule has 0 radical (unpaired) electrons. The molecule has 1 aromatic rings. The van der Waals surface area contributed by atoms with Crippen molar-refractivity contribution in [2.24, 2.45) is 0 Å². The molecule has 21 heavy (non-hydrogen) atoms. The Morgan fingerprint density at radius 3 is 2.10 bits per heavy atom. The van der Waals surface area contributed by atoms with E-state index >= 15 is 0 Å². The van der Waals surface area contributed by atoms with Gasteiger partial charge in [0.05, 0.1) is 9.79 Å². The van der Waals surface area contributed by atoms with Gasteiger partial charge in [-0.25, -0.2) is 21.6 Å². The van der Waals surface area contributed by atoms with Crippen LogP contribution in [0.2, 0.25) is 0 Å². The first-order valence-electron chi connectivity index (χ1n) is 7.11. The summed E-state index contributed by atoms with van der Waals surface area (Å²) in [5.74, 6) is 0. The fraction of sp³-hybridized carbons (Fsp3) is 0.571. The first-order valence-corrected chi connectivity index (χ1v) is 10.5. The standard InChI is InChI=1S/C14H21NO4S2/c1-20(16,17)13-9-6-10-14(11-13)21(18,19)15-12-7-4-2-3-5-8-12/h6,9-12,15H,2-5,7-8H2,1H3. The Morgan fingerprint density at radius 1 is 0.952 bits per heavy atom. The van der Waals surface area contributed by atoms with E-state index in [1.165, 1.54) is 24.3 Å². The lowest BCUT2D eigenvalue weighted by molar-refractivity contribution is 0.510. The van der Waals surface area contributed by atoms with Crippen LogP contribution in [-0.2, 0) is 19.9 Å². The normalized spacial score (nSPS) is 18.3. The minimum absolute atomic E-state index is 0.00896. The van der Waals surface area contributed by atoms with Crippen LogP contribution in [0.15, 0.2) is 34.1 Å². The zero-order valence-electron chi connectivity index (χ0n) is 12.1. The van der Waals surface area contributed by atoms with Gasteiger partial charge in [-0.2, -0.15) is 0 Å². The lowest BCUT2D eigenvalue weighted by Crippen LogP contribution is -2.34. The maximum Gasteiger partial charge on any atom is 0.240 e. The molecular weight excluding hydrogens is 310 g/mol. The van der Waals surface area contributed by atoms with Gasteiger partial charge in [-0.3, -0.25) is 0 Å². The molecule has 0 aromatic heterocycles. The van der Waals surface area contributed by atoms with Crippen molar-refractivity contribution >= 4 is 19.9 Å². The van der Waals surface area contributed by atoms with Crippen molar-refractivity contribution in [1.29, 1.82) is 0 Å². The molecule has 1 N–H and O–H groups in total. The van der Waals surface area contributed by atoms with Crippen LogP contribution in [-0.4, -0.2) is 29.1 Å². The smallest absolute Gasteiger partial charge is 0.224 e. The van der Waals surface area contributed by atoms with Gasteiger partial charge >= 0.3 is 0 Å². The van der Waals surface area contributed by atoms with Crippen molar-refractivity contribution in [1.82, 2.24) is 4.72 Å². The highest BCUT2D eigenvalue weighted by atomic mass is 32.2. The minimum Gasteiger partial charge on any atom is -0.224 e. The summed E-state index contributed by atoms with van der Waals surface area (Å²) in [7, 11) is -7.09. The topological polar surface area (TPSA) is 80.3 Å². The SMILES string of the molecule is CS(=O)(=O)c1cccc(S(=O)(=O)NC2CCCCCC2)c1. The molecule has 0 heterocycles. The predicted octanol–water partition coefficient (Wildman–Crippen LogP) is 2.09. The molecule has 1 saturated carbocycles. The van der Waals surface area contributed by atoms with Crippen LogP contribution in [0, 0.1) is 0 Å². The molecule has 0 saturated heterocycles. The molecule has 1 aliphatic carbocycles. The van der Waals surface area contributed by atoms with E-state index in [2.05, 4.69) is 4.72 Å². The highest BCUT2D eigenvalue weighted by Gasteiger charge is 2.22. The average Bonchev–Trinajstić information content (AvgIpc) is 2.66. The van der Waals surface area contributed by atoms with E-state index in [4.69, 9.17) is 0 Å². The summed E-state index contributed by atoms with van der Waals surface area (Å²) in [5, 5.41) is 0. The van der Waals surface area contributed by atoms with Gasteiger partial charge in [-0.15, -0.1) is 0 Å². The fourth-order valence-electron chi connectivity index (χ4n) is 2.56. The summed E-state index contributed by atoms with van der Waals surface area (Å²) in [4.78, 5) is 0.0286. The maximum absolute atomic E-state index is 12.4. The van der Waals surface area contributed by atoms with Crippen LogP contribution < -0.4 is 4.72 Å². The van der Waals surface area contributed by atoms with Gasteiger partial charge in [-0.05, 0) is 31.0 Å². The predicted molar refractivity (Wildman–Crippen MR) is 81.4 cm³/mol. The molecule has 0 atom stereocenters. The van der Waals surface area contributed by atoms with E-state index in [1.54, 1.807) is 0 Å². The molecule has 0 amide bonds. The molecule has 1 aliphatic rings. The van der Waals surface area contributed by atoms with Crippen molar-refractivity contribution in [2.75, 3.05) is 6.26 Å². The lowest BCUT2D eigenvalue weighted by Gasteiger charge is -2.16. The van der Waals surface area contributed by atoms with E-state index in [0.717, 1.165) is 44.8 Å². The van der Waals surface area contributed by atoms with Gasteiger partial charge in [0.2, 0.25) is 10.0 Å². The van der Waals surface area contributed by atoms with Gasteiger partial charge < -0.3 is 0 Å². The molecule has 7 heteroatoms. The summed E-state index contributed by atoms with van der Waals surface area (Å²) in [6.45, 7) is 0. The van der Waals surface area contributed by atoms with E-state index in [9.17, 15) is 16.8 Å². The Bertz CT molecular complexity index is 687. The van der Waals surface area contributed by atoms with Gasteiger partial charge in [0.1, 0.15) is 0 Å². The number of sulfonamides is 1. The van der Waals surface area contributed by atoms with Crippen molar-refractivity contribution in [3.8, 4) is 0 Å². The third-order valence-electron chi connectivity index (χ3n) is 3.72. The zero-order chi connectivity index (χ0) is 15.5. The Morgan fingerprint density at radius 2 is 1.52 bits per heavy atom. The van der Waals surface area contributed by atoms with Gasteiger partial charge in [-0.1, -0.05) is 31.7 Å². The van der Waals surface area contributed by atoms with E-state index in [0.29, 0.717) is 0 Å². The average molecular weight is 331 g/mol. The molecule has 0 bridgehead atoms. The van der Waals surface area contributed by atoms with Gasteiger partial charge in [0.15, 0.2) is 9.84 Å². The summed E-state index contributed by atoms with van der Waals surface area (Å²) >= 11 is 0. The van der Waals surface area contributed by atoms with Crippen LogP contribution in [0.5, 0.6) is 0 Å². The monoisotopic (exact) mass is 331 g/mol. The second-order valence-electron chi connectivity index (χ2n) is 5.56. The van der Waals surface area contributed by atoms with Crippen molar-refractivity contribution in [3.05, 3.63) is 24.3 Å². The fourth-order valence-corrected chi connectivity index (χ4v) is 4.65. The summed E-state index contributed by atoms with van der Waals surface area (Å²) in [5.41, 5.74) is 0. The number of hydrogen-bond acceptors (Lipinski definition) is 4. The zero-order valence-corrected chi connectivity index (χ0v) is 13.7. The molecule has 5 nitrogen and oxygen atoms in total. The highest BCUT2D eigenvalue weighted by Crippen LogP contribution is 2.21. The van der Waals surface area contributed by atoms with Crippen LogP contribution in [0.1, 0.15) is 38.5 Å². The Labute approximate surface area is 126 Å². The first-order chi connectivity index (χ1) is 9.79. The second kappa shape index (κ2) is 6.46. The summed E-state index contributed by atoms with van der Waals surface area (Å²) in [6.07, 6.45) is 7.07. The van der Waals surface area contributed by atoms with Crippen molar-refractivity contribution in [2.45, 2.75) is 54.4 Å². The van der Waals surface area contributed by atoms with Gasteiger partial charge in [0.25, 0.3) is 0 Å². The van der Waals surface area contributed by atoms with Crippen molar-refractivity contribution < 1.29 is 16.8 Å².